The molecule has 0 unspecified atom stereocenters. The molecular weight excluding hydrogens is 348 g/mol. The van der Waals surface area contributed by atoms with Crippen molar-refractivity contribution in [2.24, 2.45) is 0 Å². The number of fused-ring (bicyclic) bond motifs is 1. The van der Waals surface area contributed by atoms with Gasteiger partial charge in [-0.1, -0.05) is 51.9 Å². The predicted molar refractivity (Wildman–Crippen MR) is 104 cm³/mol. The number of hydrogen-bond donors (Lipinski definition) is 1. The van der Waals surface area contributed by atoms with Crippen molar-refractivity contribution in [2.45, 2.75) is 65.2 Å². The van der Waals surface area contributed by atoms with Gasteiger partial charge in [0.15, 0.2) is 5.75 Å². The van der Waals surface area contributed by atoms with Gasteiger partial charge in [0.1, 0.15) is 11.3 Å². The number of unbranched alkanes of at least 4 members (excludes halogenated alkanes) is 7. The average Bonchev–Trinajstić information content (AvgIpc) is 2.62. The zero-order valence-electron chi connectivity index (χ0n) is 16.1. The van der Waals surface area contributed by atoms with Crippen LogP contribution in [0.25, 0.3) is 11.0 Å². The predicted octanol–water partition coefficient (Wildman–Crippen LogP) is 4.94. The molecule has 1 aromatic carbocycles. The Morgan fingerprint density at radius 3 is 2.41 bits per heavy atom. The molecular formula is C21H28O6. The maximum absolute atomic E-state index is 12.1. The van der Waals surface area contributed by atoms with E-state index in [4.69, 9.17) is 13.9 Å². The van der Waals surface area contributed by atoms with Crippen LogP contribution in [-0.2, 0) is 4.79 Å². The first-order valence-corrected chi connectivity index (χ1v) is 9.64. The van der Waals surface area contributed by atoms with E-state index >= 15 is 0 Å². The summed E-state index contributed by atoms with van der Waals surface area (Å²) in [4.78, 5) is 23.1. The van der Waals surface area contributed by atoms with Gasteiger partial charge in [-0.2, -0.15) is 0 Å². The highest BCUT2D eigenvalue weighted by Crippen LogP contribution is 2.33. The Balaban J connectivity index is 1.91. The lowest BCUT2D eigenvalue weighted by atomic mass is 10.1. The van der Waals surface area contributed by atoms with E-state index in [1.54, 1.807) is 0 Å². The summed E-state index contributed by atoms with van der Waals surface area (Å²) in [6.07, 6.45) is 9.29. The quantitative estimate of drug-likeness (QED) is 0.259. The van der Waals surface area contributed by atoms with Gasteiger partial charge < -0.3 is 19.0 Å². The van der Waals surface area contributed by atoms with Crippen LogP contribution in [0.4, 0.5) is 0 Å². The molecule has 6 nitrogen and oxygen atoms in total. The van der Waals surface area contributed by atoms with Crippen LogP contribution < -0.4 is 15.1 Å². The van der Waals surface area contributed by atoms with Gasteiger partial charge in [0, 0.05) is 13.0 Å². The normalized spacial score (nSPS) is 10.9. The number of carbonyl (C=O) groups is 1. The van der Waals surface area contributed by atoms with Crippen molar-refractivity contribution in [1.82, 2.24) is 0 Å². The van der Waals surface area contributed by atoms with Crippen LogP contribution in [0, 0.1) is 0 Å². The van der Waals surface area contributed by atoms with Crippen molar-refractivity contribution in [3.05, 3.63) is 28.6 Å². The van der Waals surface area contributed by atoms with Gasteiger partial charge in [0.25, 0.3) is 0 Å². The smallest absolute Gasteiger partial charge is 0.383 e. The lowest BCUT2D eigenvalue weighted by molar-refractivity contribution is -0.131. The van der Waals surface area contributed by atoms with Gasteiger partial charge >= 0.3 is 11.6 Å². The minimum atomic E-state index is -0.750. The maximum Gasteiger partial charge on any atom is 0.383 e. The summed E-state index contributed by atoms with van der Waals surface area (Å²) in [5.74, 6) is -0.669. The summed E-state index contributed by atoms with van der Waals surface area (Å²) >= 11 is 0. The molecule has 0 aliphatic carbocycles. The Morgan fingerprint density at radius 2 is 1.74 bits per heavy atom. The second-order valence-electron chi connectivity index (χ2n) is 6.64. The largest absolute Gasteiger partial charge is 0.504 e. The number of carbonyl (C=O) groups excluding carboxylic acids is 1. The van der Waals surface area contributed by atoms with E-state index in [9.17, 15) is 14.7 Å². The molecule has 0 spiro atoms. The van der Waals surface area contributed by atoms with Crippen molar-refractivity contribution in [2.75, 3.05) is 6.61 Å². The molecule has 0 saturated heterocycles. The van der Waals surface area contributed by atoms with Crippen LogP contribution in [0.1, 0.15) is 65.2 Å². The first kappa shape index (κ1) is 20.8. The zero-order chi connectivity index (χ0) is 19.6. The number of rotatable bonds is 11. The third-order valence-electron chi connectivity index (χ3n) is 4.32. The highest BCUT2D eigenvalue weighted by molar-refractivity contribution is 5.86. The molecule has 0 fully saturated rings. The van der Waals surface area contributed by atoms with Crippen LogP contribution in [-0.4, -0.2) is 17.7 Å². The number of aromatic hydroxyl groups is 1. The summed E-state index contributed by atoms with van der Waals surface area (Å²) in [5, 5.41) is 10.7. The van der Waals surface area contributed by atoms with Gasteiger partial charge in [-0.05, 0) is 18.6 Å². The second-order valence-corrected chi connectivity index (χ2v) is 6.64. The van der Waals surface area contributed by atoms with E-state index in [1.807, 2.05) is 0 Å². The minimum absolute atomic E-state index is 0.135. The van der Waals surface area contributed by atoms with Crippen molar-refractivity contribution in [1.29, 1.82) is 0 Å². The fourth-order valence-electron chi connectivity index (χ4n) is 2.91. The Labute approximate surface area is 159 Å². The topological polar surface area (TPSA) is 86.0 Å². The Kier molecular flexibility index (Phi) is 8.17. The molecule has 0 amide bonds. The molecule has 0 aliphatic heterocycles. The van der Waals surface area contributed by atoms with E-state index in [-0.39, 0.29) is 22.8 Å². The van der Waals surface area contributed by atoms with Crippen molar-refractivity contribution in [3.8, 4) is 17.2 Å². The van der Waals surface area contributed by atoms with Gasteiger partial charge in [0.2, 0.25) is 5.75 Å². The van der Waals surface area contributed by atoms with E-state index in [1.165, 1.54) is 57.2 Å². The minimum Gasteiger partial charge on any atom is -0.504 e. The fourth-order valence-corrected chi connectivity index (χ4v) is 2.91. The Morgan fingerprint density at radius 1 is 1.07 bits per heavy atom. The van der Waals surface area contributed by atoms with Crippen molar-refractivity contribution >= 4 is 16.9 Å². The first-order valence-electron chi connectivity index (χ1n) is 9.64. The third-order valence-corrected chi connectivity index (χ3v) is 4.32. The van der Waals surface area contributed by atoms with E-state index < -0.39 is 11.6 Å². The van der Waals surface area contributed by atoms with Gasteiger partial charge in [-0.3, -0.25) is 4.79 Å². The molecule has 0 saturated carbocycles. The van der Waals surface area contributed by atoms with Crippen molar-refractivity contribution < 1.29 is 23.8 Å². The monoisotopic (exact) mass is 376 g/mol. The lowest BCUT2D eigenvalue weighted by Crippen LogP contribution is -2.09. The molecule has 0 bridgehead atoms. The highest BCUT2D eigenvalue weighted by atomic mass is 16.5. The molecule has 1 heterocycles. The Bertz CT molecular complexity index is 808. The molecule has 6 heteroatoms. The molecule has 2 aromatic rings. The van der Waals surface area contributed by atoms with Crippen LogP contribution in [0.3, 0.4) is 0 Å². The van der Waals surface area contributed by atoms with Gasteiger partial charge in [-0.25, -0.2) is 4.79 Å². The third kappa shape index (κ3) is 6.31. The van der Waals surface area contributed by atoms with Crippen LogP contribution in [0.15, 0.2) is 27.4 Å². The second kappa shape index (κ2) is 10.6. The van der Waals surface area contributed by atoms with E-state index in [0.29, 0.717) is 12.0 Å². The summed E-state index contributed by atoms with van der Waals surface area (Å²) in [7, 11) is 0. The van der Waals surface area contributed by atoms with Crippen molar-refractivity contribution in [3.63, 3.8) is 0 Å². The lowest BCUT2D eigenvalue weighted by Gasteiger charge is -2.09. The standard InChI is InChI=1S/C21H28O6/c1-3-4-5-6-7-8-9-10-13-25-20-19(23)17-12-11-16(26-15(2)22)14-18(17)27-21(20)24/h11-12,14,23H,3-10,13H2,1-2H3. The number of ether oxygens (including phenoxy) is 2. The fraction of sp³-hybridized carbons (Fsp3) is 0.524. The summed E-state index contributed by atoms with van der Waals surface area (Å²) < 4.78 is 15.6. The van der Waals surface area contributed by atoms with Gasteiger partial charge in [0.05, 0.1) is 12.0 Å². The first-order chi connectivity index (χ1) is 13.0. The Hall–Kier alpha value is -2.50. The summed E-state index contributed by atoms with van der Waals surface area (Å²) in [6.45, 7) is 3.83. The molecule has 0 atom stereocenters. The van der Waals surface area contributed by atoms with E-state index in [0.717, 1.165) is 19.3 Å². The SMILES string of the molecule is CCCCCCCCCCOc1c(O)c2ccc(OC(C)=O)cc2oc1=O. The van der Waals surface area contributed by atoms with E-state index in [2.05, 4.69) is 6.92 Å². The molecule has 1 N–H and O–H groups in total. The molecule has 148 valence electrons. The number of benzene rings is 1. The van der Waals surface area contributed by atoms with Gasteiger partial charge in [-0.15, -0.1) is 0 Å². The summed E-state index contributed by atoms with van der Waals surface area (Å²) in [6, 6.07) is 4.43. The van der Waals surface area contributed by atoms with Crippen LogP contribution in [0.2, 0.25) is 0 Å². The highest BCUT2D eigenvalue weighted by Gasteiger charge is 2.16. The van der Waals surface area contributed by atoms with Crippen LogP contribution >= 0.6 is 0 Å². The van der Waals surface area contributed by atoms with Crippen LogP contribution in [0.5, 0.6) is 17.2 Å². The number of hydrogen-bond acceptors (Lipinski definition) is 6. The zero-order valence-corrected chi connectivity index (χ0v) is 16.1. The maximum atomic E-state index is 12.1. The summed E-state index contributed by atoms with van der Waals surface area (Å²) in [5.41, 5.74) is -0.616. The molecule has 0 aliphatic rings. The molecule has 1 aromatic heterocycles. The molecule has 2 rings (SSSR count). The number of esters is 1. The average molecular weight is 376 g/mol. The molecule has 27 heavy (non-hydrogen) atoms. The molecule has 0 radical (unpaired) electrons.